The Hall–Kier alpha value is -2.88. The second kappa shape index (κ2) is 8.57. The fourth-order valence-electron chi connectivity index (χ4n) is 5.83. The Kier molecular flexibility index (Phi) is 5.62. The third kappa shape index (κ3) is 3.99. The first-order valence-corrected chi connectivity index (χ1v) is 12.0. The number of nitrogens with zero attached hydrogens (tertiary/aromatic N) is 1. The lowest BCUT2D eigenvalue weighted by molar-refractivity contribution is 0.0917. The zero-order valence-electron chi connectivity index (χ0n) is 19.2. The van der Waals surface area contributed by atoms with Crippen LogP contribution < -0.4 is 10.1 Å². The van der Waals surface area contributed by atoms with Gasteiger partial charge in [0.2, 0.25) is 0 Å². The maximum Gasteiger partial charge on any atom is 0.252 e. The molecule has 1 N–H and O–H groups in total. The van der Waals surface area contributed by atoms with Gasteiger partial charge in [0, 0.05) is 17.0 Å². The molecular weight excluding hydrogens is 396 g/mol. The van der Waals surface area contributed by atoms with Gasteiger partial charge in [-0.15, -0.1) is 0 Å². The SMILES string of the molecule is CC(C)Oc1ccccc1-c1cc(C(=O)N[C@@H](C)[C@@H]2C[C@H]3CC[C@H]2C3)c2ccccc2n1. The monoisotopic (exact) mass is 428 g/mol. The molecule has 0 saturated heterocycles. The second-order valence-electron chi connectivity index (χ2n) is 9.84. The van der Waals surface area contributed by atoms with Crippen molar-refractivity contribution in [2.75, 3.05) is 0 Å². The number of aromatic nitrogens is 1. The lowest BCUT2D eigenvalue weighted by atomic mass is 9.84. The van der Waals surface area contributed by atoms with Crippen molar-refractivity contribution < 1.29 is 9.53 Å². The van der Waals surface area contributed by atoms with Gasteiger partial charge in [-0.3, -0.25) is 4.79 Å². The summed E-state index contributed by atoms with van der Waals surface area (Å²) < 4.78 is 6.03. The zero-order chi connectivity index (χ0) is 22.2. The lowest BCUT2D eigenvalue weighted by Gasteiger charge is -2.28. The van der Waals surface area contributed by atoms with E-state index in [-0.39, 0.29) is 18.1 Å². The van der Waals surface area contributed by atoms with Crippen molar-refractivity contribution in [1.29, 1.82) is 0 Å². The lowest BCUT2D eigenvalue weighted by Crippen LogP contribution is -2.40. The topological polar surface area (TPSA) is 51.2 Å². The van der Waals surface area contributed by atoms with Crippen molar-refractivity contribution in [2.45, 2.75) is 58.6 Å². The summed E-state index contributed by atoms with van der Waals surface area (Å²) >= 11 is 0. The van der Waals surface area contributed by atoms with Crippen LogP contribution in [0.15, 0.2) is 54.6 Å². The van der Waals surface area contributed by atoms with Crippen molar-refractivity contribution in [2.24, 2.45) is 17.8 Å². The molecule has 1 aromatic heterocycles. The van der Waals surface area contributed by atoms with Crippen LogP contribution in [0.4, 0.5) is 0 Å². The minimum absolute atomic E-state index is 0.0117. The van der Waals surface area contributed by atoms with E-state index in [1.165, 1.54) is 25.7 Å². The van der Waals surface area contributed by atoms with Gasteiger partial charge in [0.25, 0.3) is 5.91 Å². The van der Waals surface area contributed by atoms with E-state index in [2.05, 4.69) is 12.2 Å². The van der Waals surface area contributed by atoms with Crippen LogP contribution in [0.5, 0.6) is 5.75 Å². The number of para-hydroxylation sites is 2. The Bertz CT molecular complexity index is 1140. The highest BCUT2D eigenvalue weighted by Crippen LogP contribution is 2.49. The second-order valence-corrected chi connectivity index (χ2v) is 9.84. The van der Waals surface area contributed by atoms with E-state index >= 15 is 0 Å². The molecule has 4 atom stereocenters. The molecule has 2 saturated carbocycles. The van der Waals surface area contributed by atoms with Crippen LogP contribution in [-0.4, -0.2) is 23.0 Å². The first-order chi connectivity index (χ1) is 15.5. The number of carbonyl (C=O) groups excluding carboxylic acids is 1. The number of nitrogens with one attached hydrogen (secondary N) is 1. The largest absolute Gasteiger partial charge is 0.490 e. The van der Waals surface area contributed by atoms with Gasteiger partial charge in [0.05, 0.1) is 22.9 Å². The van der Waals surface area contributed by atoms with Gasteiger partial charge >= 0.3 is 0 Å². The van der Waals surface area contributed by atoms with E-state index in [0.29, 0.717) is 11.5 Å². The van der Waals surface area contributed by atoms with Crippen LogP contribution in [0.1, 0.15) is 56.8 Å². The Morgan fingerprint density at radius 1 is 1.03 bits per heavy atom. The summed E-state index contributed by atoms with van der Waals surface area (Å²) in [4.78, 5) is 18.4. The van der Waals surface area contributed by atoms with Gasteiger partial charge < -0.3 is 10.1 Å². The van der Waals surface area contributed by atoms with Crippen molar-refractivity contribution >= 4 is 16.8 Å². The van der Waals surface area contributed by atoms with Gasteiger partial charge in [0.1, 0.15) is 5.75 Å². The van der Waals surface area contributed by atoms with E-state index < -0.39 is 0 Å². The predicted octanol–water partition coefficient (Wildman–Crippen LogP) is 6.24. The third-order valence-corrected chi connectivity index (χ3v) is 7.28. The molecule has 0 aliphatic heterocycles. The molecule has 2 aliphatic carbocycles. The number of rotatable bonds is 6. The molecule has 2 fully saturated rings. The number of hydrogen-bond donors (Lipinski definition) is 1. The Morgan fingerprint density at radius 2 is 1.81 bits per heavy atom. The molecule has 5 rings (SSSR count). The summed E-state index contributed by atoms with van der Waals surface area (Å²) in [6, 6.07) is 17.9. The van der Waals surface area contributed by atoms with Gasteiger partial charge in [0.15, 0.2) is 0 Å². The molecule has 4 heteroatoms. The standard InChI is InChI=1S/C28H32N2O2/c1-17(2)32-27-11-7-5-9-22(27)26-16-24(21-8-4-6-10-25(21)30-26)28(31)29-18(3)23-15-19-12-13-20(23)14-19/h4-11,16-20,23H,12-15H2,1-3H3,(H,29,31)/t18-,19-,20-,23-/m0/s1. The Labute approximate surface area is 190 Å². The molecule has 0 unspecified atom stereocenters. The quantitative estimate of drug-likeness (QED) is 0.505. The first-order valence-electron chi connectivity index (χ1n) is 12.0. The normalized spacial score (nSPS) is 22.9. The minimum atomic E-state index is -0.0117. The Balaban J connectivity index is 1.50. The van der Waals surface area contributed by atoms with Crippen LogP contribution in [0, 0.1) is 17.8 Å². The maximum atomic E-state index is 13.5. The number of amides is 1. The van der Waals surface area contributed by atoms with Gasteiger partial charge in [-0.25, -0.2) is 4.98 Å². The summed E-state index contributed by atoms with van der Waals surface area (Å²) in [5.41, 5.74) is 3.17. The Morgan fingerprint density at radius 3 is 2.56 bits per heavy atom. The molecule has 1 heterocycles. The number of fused-ring (bicyclic) bond motifs is 3. The van der Waals surface area contributed by atoms with E-state index in [1.54, 1.807) is 0 Å². The number of pyridine rings is 1. The molecule has 2 aliphatic rings. The number of ether oxygens (including phenoxy) is 1. The summed E-state index contributed by atoms with van der Waals surface area (Å²) in [5.74, 6) is 3.02. The van der Waals surface area contributed by atoms with Gasteiger partial charge in [-0.1, -0.05) is 36.8 Å². The molecule has 3 aromatic rings. The molecule has 32 heavy (non-hydrogen) atoms. The highest BCUT2D eigenvalue weighted by Gasteiger charge is 2.42. The van der Waals surface area contributed by atoms with Gasteiger partial charge in [-0.2, -0.15) is 0 Å². The van der Waals surface area contributed by atoms with Crippen LogP contribution in [0.25, 0.3) is 22.2 Å². The molecule has 2 aromatic carbocycles. The highest BCUT2D eigenvalue weighted by atomic mass is 16.5. The van der Waals surface area contributed by atoms with E-state index in [4.69, 9.17) is 9.72 Å². The summed E-state index contributed by atoms with van der Waals surface area (Å²) in [7, 11) is 0. The number of carbonyl (C=O) groups is 1. The summed E-state index contributed by atoms with van der Waals surface area (Å²) in [6.07, 6.45) is 5.36. The molecule has 0 spiro atoms. The van der Waals surface area contributed by atoms with Crippen LogP contribution in [0.3, 0.4) is 0 Å². The zero-order valence-corrected chi connectivity index (χ0v) is 19.2. The van der Waals surface area contributed by atoms with Crippen LogP contribution >= 0.6 is 0 Å². The van der Waals surface area contributed by atoms with E-state index in [1.807, 2.05) is 68.4 Å². The van der Waals surface area contributed by atoms with E-state index in [0.717, 1.165) is 39.7 Å². The average Bonchev–Trinajstić information content (AvgIpc) is 3.42. The van der Waals surface area contributed by atoms with Crippen molar-refractivity contribution in [3.63, 3.8) is 0 Å². The first kappa shape index (κ1) is 21.0. The molecule has 166 valence electrons. The maximum absolute atomic E-state index is 13.5. The van der Waals surface area contributed by atoms with Crippen molar-refractivity contribution in [1.82, 2.24) is 10.3 Å². The van der Waals surface area contributed by atoms with E-state index in [9.17, 15) is 4.79 Å². The summed E-state index contributed by atoms with van der Waals surface area (Å²) in [6.45, 7) is 6.21. The third-order valence-electron chi connectivity index (χ3n) is 7.28. The van der Waals surface area contributed by atoms with Crippen LogP contribution in [0.2, 0.25) is 0 Å². The fourth-order valence-corrected chi connectivity index (χ4v) is 5.83. The van der Waals surface area contributed by atoms with Crippen LogP contribution in [-0.2, 0) is 0 Å². The molecule has 4 nitrogen and oxygen atoms in total. The average molecular weight is 429 g/mol. The predicted molar refractivity (Wildman–Crippen MR) is 129 cm³/mol. The smallest absolute Gasteiger partial charge is 0.252 e. The molecule has 0 radical (unpaired) electrons. The highest BCUT2D eigenvalue weighted by molar-refractivity contribution is 6.07. The minimum Gasteiger partial charge on any atom is -0.490 e. The molecule has 2 bridgehead atoms. The molecular formula is C28H32N2O2. The van der Waals surface area contributed by atoms with Crippen molar-refractivity contribution in [3.8, 4) is 17.0 Å². The van der Waals surface area contributed by atoms with Gasteiger partial charge in [-0.05, 0) is 82.1 Å². The number of benzene rings is 2. The fraction of sp³-hybridized carbons (Fsp3) is 0.429. The van der Waals surface area contributed by atoms with Crippen molar-refractivity contribution in [3.05, 3.63) is 60.2 Å². The summed E-state index contributed by atoms with van der Waals surface area (Å²) in [5, 5.41) is 4.23. The molecule has 1 amide bonds. The number of hydrogen-bond acceptors (Lipinski definition) is 3.